The molecule has 0 saturated heterocycles. The lowest BCUT2D eigenvalue weighted by molar-refractivity contribution is -0.158. The average Bonchev–Trinajstić information content (AvgIpc) is 2.55. The minimum absolute atomic E-state index is 0.326. The van der Waals surface area contributed by atoms with E-state index in [1.54, 1.807) is 32.9 Å². The molecule has 4 nitrogen and oxygen atoms in total. The molecule has 24 heavy (non-hydrogen) atoms. The fraction of sp³-hybridized carbons (Fsp3) is 0.316. The summed E-state index contributed by atoms with van der Waals surface area (Å²) in [6.45, 7) is 5.89. The molecule has 0 heterocycles. The fourth-order valence-electron chi connectivity index (χ4n) is 1.99. The lowest BCUT2D eigenvalue weighted by Crippen LogP contribution is -2.39. The van der Waals surface area contributed by atoms with Gasteiger partial charge < -0.3 is 14.2 Å². The van der Waals surface area contributed by atoms with E-state index in [0.29, 0.717) is 24.0 Å². The van der Waals surface area contributed by atoms with Gasteiger partial charge in [-0.25, -0.2) is 4.79 Å². The number of benzene rings is 2. The molecule has 0 aliphatic heterocycles. The molecule has 2 aromatic carbocycles. The van der Waals surface area contributed by atoms with Gasteiger partial charge in [0.1, 0.15) is 18.1 Å². The van der Waals surface area contributed by atoms with E-state index in [1.165, 1.54) is 0 Å². The first-order valence-corrected chi connectivity index (χ1v) is 8.12. The van der Waals surface area contributed by atoms with Gasteiger partial charge in [-0.3, -0.25) is 0 Å². The van der Waals surface area contributed by atoms with E-state index in [-0.39, 0.29) is 5.97 Å². The van der Waals surface area contributed by atoms with Crippen molar-refractivity contribution >= 4 is 17.6 Å². The highest BCUT2D eigenvalue weighted by atomic mass is 35.5. The van der Waals surface area contributed by atoms with Crippen LogP contribution in [0.25, 0.3) is 0 Å². The van der Waals surface area contributed by atoms with Crippen molar-refractivity contribution in [2.45, 2.75) is 33.0 Å². The van der Waals surface area contributed by atoms with Crippen molar-refractivity contribution in [3.63, 3.8) is 0 Å². The minimum Gasteiger partial charge on any atom is -0.489 e. The first kappa shape index (κ1) is 18.1. The Morgan fingerprint density at radius 3 is 2.17 bits per heavy atom. The van der Waals surface area contributed by atoms with Crippen LogP contribution >= 0.6 is 11.6 Å². The maximum Gasteiger partial charge on any atom is 0.349 e. The standard InChI is InChI=1S/C19H21ClO4/c1-4-22-18(21)19(2,3)24-17-9-5-14(6-10-17)13-23-16-11-7-15(20)8-12-16/h5-12H,4,13H2,1-3H3. The molecule has 5 heteroatoms. The molecule has 0 aliphatic carbocycles. The molecule has 0 N–H and O–H groups in total. The molecule has 0 bridgehead atoms. The van der Waals surface area contributed by atoms with Crippen LogP contribution in [-0.4, -0.2) is 18.2 Å². The first-order valence-electron chi connectivity index (χ1n) is 7.74. The predicted molar refractivity (Wildman–Crippen MR) is 93.6 cm³/mol. The number of hydrogen-bond donors (Lipinski definition) is 0. The molecule has 0 spiro atoms. The second-order valence-corrected chi connectivity index (χ2v) is 6.16. The molecule has 0 amide bonds. The Bertz CT molecular complexity index is 663. The van der Waals surface area contributed by atoms with Gasteiger partial charge in [-0.15, -0.1) is 0 Å². The maximum absolute atomic E-state index is 11.8. The van der Waals surface area contributed by atoms with Crippen LogP contribution in [0.5, 0.6) is 11.5 Å². The lowest BCUT2D eigenvalue weighted by atomic mass is 10.1. The second kappa shape index (κ2) is 8.06. The Labute approximate surface area is 147 Å². The number of carbonyl (C=O) groups is 1. The topological polar surface area (TPSA) is 44.8 Å². The molecule has 0 aliphatic rings. The van der Waals surface area contributed by atoms with Gasteiger partial charge in [0.25, 0.3) is 0 Å². The van der Waals surface area contributed by atoms with Crippen LogP contribution < -0.4 is 9.47 Å². The normalized spacial score (nSPS) is 11.0. The first-order chi connectivity index (χ1) is 11.4. The summed E-state index contributed by atoms with van der Waals surface area (Å²) in [7, 11) is 0. The van der Waals surface area contributed by atoms with Gasteiger partial charge in [0.05, 0.1) is 6.61 Å². The summed E-state index contributed by atoms with van der Waals surface area (Å²) in [5.41, 5.74) is -0.0385. The van der Waals surface area contributed by atoms with Gasteiger partial charge in [0, 0.05) is 5.02 Å². The van der Waals surface area contributed by atoms with Gasteiger partial charge >= 0.3 is 5.97 Å². The highest BCUT2D eigenvalue weighted by molar-refractivity contribution is 6.30. The van der Waals surface area contributed by atoms with E-state index in [1.807, 2.05) is 36.4 Å². The molecule has 2 aromatic rings. The quantitative estimate of drug-likeness (QED) is 0.684. The van der Waals surface area contributed by atoms with Crippen molar-refractivity contribution in [2.75, 3.05) is 6.61 Å². The molecule has 2 rings (SSSR count). The monoisotopic (exact) mass is 348 g/mol. The maximum atomic E-state index is 11.8. The zero-order valence-corrected chi connectivity index (χ0v) is 14.8. The Hall–Kier alpha value is -2.20. The molecule has 128 valence electrons. The Balaban J connectivity index is 1.92. The predicted octanol–water partition coefficient (Wildman–Crippen LogP) is 4.64. The molecule has 0 radical (unpaired) electrons. The third kappa shape index (κ3) is 5.17. The molecular weight excluding hydrogens is 328 g/mol. The zero-order valence-electron chi connectivity index (χ0n) is 14.0. The van der Waals surface area contributed by atoms with Gasteiger partial charge in [-0.2, -0.15) is 0 Å². The van der Waals surface area contributed by atoms with Gasteiger partial charge in [0.15, 0.2) is 5.60 Å². The average molecular weight is 349 g/mol. The summed E-state index contributed by atoms with van der Waals surface area (Å²) < 4.78 is 16.4. The minimum atomic E-state index is -1.03. The number of carbonyl (C=O) groups excluding carboxylic acids is 1. The van der Waals surface area contributed by atoms with Crippen LogP contribution in [0.3, 0.4) is 0 Å². The van der Waals surface area contributed by atoms with E-state index < -0.39 is 5.60 Å². The van der Waals surface area contributed by atoms with E-state index >= 15 is 0 Å². The van der Waals surface area contributed by atoms with Crippen LogP contribution in [-0.2, 0) is 16.1 Å². The van der Waals surface area contributed by atoms with Crippen molar-refractivity contribution in [2.24, 2.45) is 0 Å². The second-order valence-electron chi connectivity index (χ2n) is 5.72. The summed E-state index contributed by atoms with van der Waals surface area (Å²) in [5, 5.41) is 0.674. The van der Waals surface area contributed by atoms with Crippen molar-refractivity contribution in [3.8, 4) is 11.5 Å². The third-order valence-corrected chi connectivity index (χ3v) is 3.53. The van der Waals surface area contributed by atoms with E-state index in [4.69, 9.17) is 25.8 Å². The molecule has 0 saturated carbocycles. The van der Waals surface area contributed by atoms with Crippen molar-refractivity contribution in [3.05, 3.63) is 59.1 Å². The highest BCUT2D eigenvalue weighted by Gasteiger charge is 2.31. The third-order valence-electron chi connectivity index (χ3n) is 3.28. The largest absolute Gasteiger partial charge is 0.489 e. The number of ether oxygens (including phenoxy) is 3. The van der Waals surface area contributed by atoms with Crippen molar-refractivity contribution in [1.29, 1.82) is 0 Å². The number of hydrogen-bond acceptors (Lipinski definition) is 4. The van der Waals surface area contributed by atoms with E-state index in [9.17, 15) is 4.79 Å². The number of esters is 1. The number of rotatable bonds is 7. The van der Waals surface area contributed by atoms with Crippen LogP contribution in [0.2, 0.25) is 5.02 Å². The summed E-state index contributed by atoms with van der Waals surface area (Å²) in [5.74, 6) is 0.964. The molecule has 0 fully saturated rings. The van der Waals surface area contributed by atoms with E-state index in [0.717, 1.165) is 11.3 Å². The van der Waals surface area contributed by atoms with Crippen molar-refractivity contribution in [1.82, 2.24) is 0 Å². The SMILES string of the molecule is CCOC(=O)C(C)(C)Oc1ccc(COc2ccc(Cl)cc2)cc1. The van der Waals surface area contributed by atoms with E-state index in [2.05, 4.69) is 0 Å². The van der Waals surface area contributed by atoms with Crippen LogP contribution in [0.1, 0.15) is 26.3 Å². The lowest BCUT2D eigenvalue weighted by Gasteiger charge is -2.24. The summed E-state index contributed by atoms with van der Waals surface area (Å²) in [4.78, 5) is 11.8. The Morgan fingerprint density at radius 2 is 1.58 bits per heavy atom. The Morgan fingerprint density at radius 1 is 1.00 bits per heavy atom. The van der Waals surface area contributed by atoms with Crippen LogP contribution in [0.4, 0.5) is 0 Å². The summed E-state index contributed by atoms with van der Waals surface area (Å²) >= 11 is 5.84. The summed E-state index contributed by atoms with van der Waals surface area (Å²) in [6.07, 6.45) is 0. The Kier molecular flexibility index (Phi) is 6.10. The highest BCUT2D eigenvalue weighted by Crippen LogP contribution is 2.21. The smallest absolute Gasteiger partial charge is 0.349 e. The van der Waals surface area contributed by atoms with Gasteiger partial charge in [-0.05, 0) is 62.7 Å². The van der Waals surface area contributed by atoms with Crippen LogP contribution in [0, 0.1) is 0 Å². The van der Waals surface area contributed by atoms with Gasteiger partial charge in [0.2, 0.25) is 0 Å². The molecule has 0 unspecified atom stereocenters. The molecule has 0 atom stereocenters. The van der Waals surface area contributed by atoms with Gasteiger partial charge in [-0.1, -0.05) is 23.7 Å². The molecular formula is C19H21ClO4. The van der Waals surface area contributed by atoms with Crippen LogP contribution in [0.15, 0.2) is 48.5 Å². The van der Waals surface area contributed by atoms with Crippen molar-refractivity contribution < 1.29 is 19.0 Å². The fourth-order valence-corrected chi connectivity index (χ4v) is 2.12. The molecule has 0 aromatic heterocycles. The summed E-state index contributed by atoms with van der Waals surface area (Å²) in [6, 6.07) is 14.6. The number of halogens is 1. The zero-order chi connectivity index (χ0) is 17.6.